The standard InChI is InChI=1S/C20H23Cl2N9O2/c1-30(12-6-3-2-4-7-12)11-16-17(25-29-31(16)19-18(23)27-33-28-19)20(32)26-24-10-13-14(21)8-5-9-15(13)22/h5,8-10,12H,2-4,6-7,11H2,1H3,(H2,23,27)(H,26,32)/b24-10-. The fraction of sp³-hybridized carbons (Fsp3) is 0.400. The van der Waals surface area contributed by atoms with Crippen molar-refractivity contribution in [1.82, 2.24) is 35.6 Å². The molecule has 0 radical (unpaired) electrons. The van der Waals surface area contributed by atoms with Crippen LogP contribution in [0.25, 0.3) is 5.82 Å². The Bertz CT molecular complexity index is 1130. The van der Waals surface area contributed by atoms with Gasteiger partial charge in [-0.2, -0.15) is 9.78 Å². The molecule has 13 heteroatoms. The molecule has 174 valence electrons. The van der Waals surface area contributed by atoms with Gasteiger partial charge in [-0.05, 0) is 42.3 Å². The van der Waals surface area contributed by atoms with Crippen molar-refractivity contribution in [3.63, 3.8) is 0 Å². The number of carbonyl (C=O) groups excluding carboxylic acids is 1. The lowest BCUT2D eigenvalue weighted by Crippen LogP contribution is -2.34. The molecule has 0 aliphatic heterocycles. The van der Waals surface area contributed by atoms with Crippen molar-refractivity contribution in [2.45, 2.75) is 44.7 Å². The Morgan fingerprint density at radius 3 is 2.70 bits per heavy atom. The maximum absolute atomic E-state index is 12.9. The number of carbonyl (C=O) groups is 1. The van der Waals surface area contributed by atoms with Gasteiger partial charge in [0.1, 0.15) is 0 Å². The van der Waals surface area contributed by atoms with Crippen molar-refractivity contribution in [2.75, 3.05) is 12.8 Å². The van der Waals surface area contributed by atoms with Gasteiger partial charge in [0, 0.05) is 18.2 Å². The van der Waals surface area contributed by atoms with Crippen LogP contribution in [0.15, 0.2) is 27.9 Å². The number of hydrogen-bond acceptors (Lipinski definition) is 9. The summed E-state index contributed by atoms with van der Waals surface area (Å²) in [5.41, 5.74) is 9.38. The van der Waals surface area contributed by atoms with Gasteiger partial charge in [-0.15, -0.1) is 5.10 Å². The quantitative estimate of drug-likeness (QED) is 0.379. The molecule has 0 saturated heterocycles. The number of rotatable bonds is 7. The van der Waals surface area contributed by atoms with E-state index in [1.54, 1.807) is 18.2 Å². The van der Waals surface area contributed by atoms with Crippen LogP contribution in [0.2, 0.25) is 10.0 Å². The van der Waals surface area contributed by atoms with Gasteiger partial charge >= 0.3 is 0 Å². The van der Waals surface area contributed by atoms with Crippen LogP contribution in [0.5, 0.6) is 0 Å². The van der Waals surface area contributed by atoms with E-state index in [4.69, 9.17) is 33.6 Å². The highest BCUT2D eigenvalue weighted by Crippen LogP contribution is 2.25. The molecule has 1 amide bonds. The molecule has 4 rings (SSSR count). The average Bonchev–Trinajstić information content (AvgIpc) is 3.42. The lowest BCUT2D eigenvalue weighted by Gasteiger charge is -2.31. The van der Waals surface area contributed by atoms with Gasteiger partial charge in [0.2, 0.25) is 11.6 Å². The molecule has 3 N–H and O–H groups in total. The SMILES string of the molecule is CN(Cc1c(C(=O)N/N=C\c2c(Cl)cccc2Cl)nnn1-c1nonc1N)C1CCCCC1. The molecule has 1 fully saturated rings. The molecule has 33 heavy (non-hydrogen) atoms. The van der Waals surface area contributed by atoms with Crippen LogP contribution in [0.1, 0.15) is 53.8 Å². The molecular formula is C20H23Cl2N9O2. The number of hydrazone groups is 1. The number of amides is 1. The molecule has 2 heterocycles. The number of benzene rings is 1. The highest BCUT2D eigenvalue weighted by atomic mass is 35.5. The predicted octanol–water partition coefficient (Wildman–Crippen LogP) is 3.07. The Morgan fingerprint density at radius 1 is 1.30 bits per heavy atom. The molecule has 0 unspecified atom stereocenters. The molecule has 11 nitrogen and oxygen atoms in total. The third kappa shape index (κ3) is 5.15. The summed E-state index contributed by atoms with van der Waals surface area (Å²) in [5, 5.41) is 20.3. The van der Waals surface area contributed by atoms with Crippen LogP contribution in [0, 0.1) is 0 Å². The first kappa shape index (κ1) is 23.1. The van der Waals surface area contributed by atoms with E-state index in [1.807, 2.05) is 7.05 Å². The lowest BCUT2D eigenvalue weighted by atomic mass is 9.94. The maximum Gasteiger partial charge on any atom is 0.293 e. The summed E-state index contributed by atoms with van der Waals surface area (Å²) in [4.78, 5) is 15.1. The van der Waals surface area contributed by atoms with E-state index in [1.165, 1.54) is 30.2 Å². The molecular weight excluding hydrogens is 469 g/mol. The zero-order chi connectivity index (χ0) is 23.4. The molecule has 1 aliphatic rings. The normalized spacial score (nSPS) is 14.9. The Balaban J connectivity index is 1.59. The van der Waals surface area contributed by atoms with E-state index in [0.717, 1.165) is 12.8 Å². The van der Waals surface area contributed by atoms with E-state index in [0.29, 0.717) is 33.9 Å². The molecule has 1 aliphatic carbocycles. The zero-order valence-electron chi connectivity index (χ0n) is 17.9. The first-order valence-corrected chi connectivity index (χ1v) is 11.2. The van der Waals surface area contributed by atoms with Crippen molar-refractivity contribution in [1.29, 1.82) is 0 Å². The van der Waals surface area contributed by atoms with Gasteiger partial charge in [0.05, 0.1) is 22.0 Å². The summed E-state index contributed by atoms with van der Waals surface area (Å²) in [7, 11) is 2.01. The summed E-state index contributed by atoms with van der Waals surface area (Å²) in [6, 6.07) is 5.47. The van der Waals surface area contributed by atoms with Crippen LogP contribution < -0.4 is 11.2 Å². The number of halogens is 2. The molecule has 0 spiro atoms. The molecule has 1 aromatic carbocycles. The van der Waals surface area contributed by atoms with Gasteiger partial charge in [-0.3, -0.25) is 9.69 Å². The van der Waals surface area contributed by atoms with Gasteiger partial charge in [-0.1, -0.05) is 53.7 Å². The Labute approximate surface area is 199 Å². The zero-order valence-corrected chi connectivity index (χ0v) is 19.4. The smallest absolute Gasteiger partial charge is 0.293 e. The van der Waals surface area contributed by atoms with Crippen molar-refractivity contribution in [3.05, 3.63) is 45.2 Å². The fourth-order valence-corrected chi connectivity index (χ4v) is 4.35. The van der Waals surface area contributed by atoms with E-state index in [-0.39, 0.29) is 17.3 Å². The predicted molar refractivity (Wildman–Crippen MR) is 123 cm³/mol. The molecule has 2 aromatic heterocycles. The van der Waals surface area contributed by atoms with E-state index < -0.39 is 5.91 Å². The molecule has 1 saturated carbocycles. The number of anilines is 1. The Hall–Kier alpha value is -3.02. The number of nitrogens with zero attached hydrogens (tertiary/aromatic N) is 7. The minimum atomic E-state index is -0.553. The summed E-state index contributed by atoms with van der Waals surface area (Å²) in [5.74, 6) is -0.345. The van der Waals surface area contributed by atoms with Crippen molar-refractivity contribution in [3.8, 4) is 5.82 Å². The second kappa shape index (κ2) is 10.3. The topological polar surface area (TPSA) is 140 Å². The third-order valence-corrected chi connectivity index (χ3v) is 6.29. The van der Waals surface area contributed by atoms with Crippen molar-refractivity contribution < 1.29 is 9.42 Å². The monoisotopic (exact) mass is 491 g/mol. The van der Waals surface area contributed by atoms with Gasteiger partial charge in [-0.25, -0.2) is 10.1 Å². The van der Waals surface area contributed by atoms with Crippen LogP contribution in [0.4, 0.5) is 5.82 Å². The summed E-state index contributed by atoms with van der Waals surface area (Å²) >= 11 is 12.3. The highest BCUT2D eigenvalue weighted by Gasteiger charge is 2.27. The number of nitrogens with two attached hydrogens (primary N) is 1. The van der Waals surface area contributed by atoms with Gasteiger partial charge < -0.3 is 5.73 Å². The first-order valence-electron chi connectivity index (χ1n) is 10.5. The first-order chi connectivity index (χ1) is 16.0. The lowest BCUT2D eigenvalue weighted by molar-refractivity contribution is 0.0947. The van der Waals surface area contributed by atoms with E-state index >= 15 is 0 Å². The van der Waals surface area contributed by atoms with Crippen molar-refractivity contribution >= 4 is 41.1 Å². The third-order valence-electron chi connectivity index (χ3n) is 5.63. The van der Waals surface area contributed by atoms with E-state index in [9.17, 15) is 4.79 Å². The largest absolute Gasteiger partial charge is 0.378 e. The molecule has 3 aromatic rings. The Morgan fingerprint density at radius 2 is 2.03 bits per heavy atom. The number of aromatic nitrogens is 5. The second-order valence-electron chi connectivity index (χ2n) is 7.81. The van der Waals surface area contributed by atoms with E-state index in [2.05, 4.69) is 36.1 Å². The average molecular weight is 492 g/mol. The van der Waals surface area contributed by atoms with Gasteiger partial charge in [0.15, 0.2) is 5.69 Å². The van der Waals surface area contributed by atoms with Crippen LogP contribution in [-0.4, -0.2) is 55.4 Å². The highest BCUT2D eigenvalue weighted by molar-refractivity contribution is 6.38. The second-order valence-corrected chi connectivity index (χ2v) is 8.63. The minimum absolute atomic E-state index is 0.0415. The fourth-order valence-electron chi connectivity index (χ4n) is 3.86. The minimum Gasteiger partial charge on any atom is -0.378 e. The number of hydrogen-bond donors (Lipinski definition) is 2. The summed E-state index contributed by atoms with van der Waals surface area (Å²) < 4.78 is 6.08. The number of nitrogen functional groups attached to an aromatic ring is 1. The summed E-state index contributed by atoms with van der Waals surface area (Å²) in [6.45, 7) is 0.396. The molecule has 0 bridgehead atoms. The number of nitrogens with one attached hydrogen (secondary N) is 1. The Kier molecular flexibility index (Phi) is 7.21. The maximum atomic E-state index is 12.9. The van der Waals surface area contributed by atoms with Crippen molar-refractivity contribution in [2.24, 2.45) is 5.10 Å². The van der Waals surface area contributed by atoms with Crippen LogP contribution in [-0.2, 0) is 6.54 Å². The van der Waals surface area contributed by atoms with Crippen LogP contribution in [0.3, 0.4) is 0 Å². The molecule has 0 atom stereocenters. The summed E-state index contributed by atoms with van der Waals surface area (Å²) in [6.07, 6.45) is 7.16. The van der Waals surface area contributed by atoms with Crippen LogP contribution >= 0.6 is 23.2 Å². The van der Waals surface area contributed by atoms with Gasteiger partial charge in [0.25, 0.3) is 5.91 Å².